The molecular weight excluding hydrogens is 657 g/mol. The predicted molar refractivity (Wildman–Crippen MR) is 194 cm³/mol. The van der Waals surface area contributed by atoms with Crippen LogP contribution in [0.3, 0.4) is 0 Å². The Morgan fingerprint density at radius 2 is 1.74 bits per heavy atom. The first-order chi connectivity index (χ1) is 23.3. The van der Waals surface area contributed by atoms with E-state index < -0.39 is 62.5 Å². The van der Waals surface area contributed by atoms with Gasteiger partial charge in [-0.15, -0.1) is 18.9 Å². The predicted octanol–water partition coefficient (Wildman–Crippen LogP) is 4.65. The fraction of sp³-hybridized carbons (Fsp3) is 0.763. The zero-order chi connectivity index (χ0) is 37.4. The first-order valence-corrected chi connectivity index (χ1v) is 20.1. The van der Waals surface area contributed by atoms with Crippen molar-refractivity contribution in [1.29, 1.82) is 0 Å². The number of nitrogens with zero attached hydrogens (tertiary/aromatic N) is 2. The molecule has 280 valence electrons. The number of Topliss-reactive ketones (excluding diaryl/α,β-unsaturated/α-hetero) is 3. The van der Waals surface area contributed by atoms with Crippen LogP contribution < -0.4 is 10.6 Å². The van der Waals surface area contributed by atoms with Crippen LogP contribution in [0.2, 0.25) is 0 Å². The Morgan fingerprint density at radius 3 is 2.32 bits per heavy atom. The van der Waals surface area contributed by atoms with Crippen LogP contribution >= 0.6 is 0 Å². The maximum absolute atomic E-state index is 14.8. The Morgan fingerprint density at radius 1 is 1.08 bits per heavy atom. The van der Waals surface area contributed by atoms with Crippen molar-refractivity contribution in [1.82, 2.24) is 19.8 Å². The molecule has 3 amide bonds. The lowest BCUT2D eigenvalue weighted by Crippen LogP contribution is -2.62. The molecule has 50 heavy (non-hydrogen) atoms. The van der Waals surface area contributed by atoms with Gasteiger partial charge in [-0.05, 0) is 61.2 Å². The first kappa shape index (κ1) is 41.4. The molecule has 2 N–H and O–H groups in total. The molecule has 2 saturated carbocycles. The number of hydrogen-bond donors (Lipinski definition) is 2. The Kier molecular flexibility index (Phi) is 14.4. The van der Waals surface area contributed by atoms with Gasteiger partial charge in [-0.3, -0.25) is 19.2 Å². The number of allylic oxidation sites excluding steroid dienone is 1. The number of amides is 3. The number of carbonyl (C=O) groups is 5. The molecule has 6 atom stereocenters. The molecule has 3 rings (SSSR count). The van der Waals surface area contributed by atoms with Crippen LogP contribution in [0.25, 0.3) is 0 Å². The first-order valence-electron chi connectivity index (χ1n) is 18.3. The molecule has 0 aromatic rings. The van der Waals surface area contributed by atoms with Gasteiger partial charge in [-0.2, -0.15) is 0 Å². The fourth-order valence-corrected chi connectivity index (χ4v) is 8.50. The molecule has 2 aliphatic carbocycles. The van der Waals surface area contributed by atoms with E-state index in [1.54, 1.807) is 11.0 Å². The lowest BCUT2D eigenvalue weighted by molar-refractivity contribution is -0.144. The third-order valence-corrected chi connectivity index (χ3v) is 12.7. The summed E-state index contributed by atoms with van der Waals surface area (Å²) in [7, 11) is -2.04. The van der Waals surface area contributed by atoms with Crippen LogP contribution in [0.5, 0.6) is 0 Å². The summed E-state index contributed by atoms with van der Waals surface area (Å²) in [5.74, 6) is 0.0326. The number of likely N-dealkylation sites (N-methyl/N-ethyl adjacent to an activating group) is 1. The lowest BCUT2D eigenvalue weighted by Gasteiger charge is -2.43. The Bertz CT molecular complexity index is 1420. The molecule has 1 saturated heterocycles. The van der Waals surface area contributed by atoms with Crippen molar-refractivity contribution in [3.05, 3.63) is 12.7 Å². The highest BCUT2D eigenvalue weighted by Crippen LogP contribution is 2.46. The number of rotatable bonds is 17. The van der Waals surface area contributed by atoms with E-state index in [2.05, 4.69) is 23.1 Å². The number of terminal acetylenes is 1. The standard InChI is InChI=1S/C38H60N4O7S/c1-9-11-17-26(33(45)29(43)20-12-10-2)23-30(44)32-28-19-16-18-27(28)24-42(32)35(46)34(38(6)21-14-13-15-22-38)40-36(47)39-31(37(3,4)5)25-41(7)50(8,48)49/h1,10,26-28,31-32,34H,2,11-25H2,3-8H3,(H2,39,40,47)/t26?,27-,28-,31+,32-,34+/m0/s1. The number of urea groups is 1. The molecular formula is C38H60N4O7S. The summed E-state index contributed by atoms with van der Waals surface area (Å²) in [4.78, 5) is 70.5. The van der Waals surface area contributed by atoms with Crippen LogP contribution in [0.1, 0.15) is 111 Å². The molecule has 0 bridgehead atoms. The number of fused-ring (bicyclic) bond motifs is 1. The smallest absolute Gasteiger partial charge is 0.315 e. The van der Waals surface area contributed by atoms with Crippen molar-refractivity contribution in [3.8, 4) is 12.3 Å². The fourth-order valence-electron chi connectivity index (χ4n) is 8.08. The quantitative estimate of drug-likeness (QED) is 0.126. The summed E-state index contributed by atoms with van der Waals surface area (Å²) < 4.78 is 25.6. The average molecular weight is 717 g/mol. The van der Waals surface area contributed by atoms with E-state index in [1.807, 2.05) is 27.7 Å². The number of sulfonamides is 1. The zero-order valence-corrected chi connectivity index (χ0v) is 31.9. The van der Waals surface area contributed by atoms with Crippen LogP contribution in [-0.4, -0.2) is 91.4 Å². The molecule has 1 unspecified atom stereocenters. The maximum atomic E-state index is 14.8. The third-order valence-electron chi connectivity index (χ3n) is 11.4. The highest BCUT2D eigenvalue weighted by molar-refractivity contribution is 7.88. The maximum Gasteiger partial charge on any atom is 0.315 e. The van der Waals surface area contributed by atoms with E-state index in [0.717, 1.165) is 57.6 Å². The Balaban J connectivity index is 1.92. The second-order valence-electron chi connectivity index (χ2n) is 16.2. The van der Waals surface area contributed by atoms with Gasteiger partial charge in [0, 0.05) is 51.4 Å². The molecule has 3 fully saturated rings. The monoisotopic (exact) mass is 716 g/mol. The van der Waals surface area contributed by atoms with Crippen molar-refractivity contribution in [3.63, 3.8) is 0 Å². The van der Waals surface area contributed by atoms with Gasteiger partial charge in [-0.25, -0.2) is 17.5 Å². The van der Waals surface area contributed by atoms with Gasteiger partial charge in [0.2, 0.25) is 21.7 Å². The van der Waals surface area contributed by atoms with E-state index in [4.69, 9.17) is 6.42 Å². The van der Waals surface area contributed by atoms with E-state index >= 15 is 0 Å². The topological polar surface area (TPSA) is 150 Å². The minimum atomic E-state index is -3.50. The van der Waals surface area contributed by atoms with Gasteiger partial charge in [0.15, 0.2) is 11.6 Å². The van der Waals surface area contributed by atoms with E-state index in [1.165, 1.54) is 11.4 Å². The summed E-state index contributed by atoms with van der Waals surface area (Å²) >= 11 is 0. The van der Waals surface area contributed by atoms with Crippen LogP contribution in [0, 0.1) is 40.9 Å². The van der Waals surface area contributed by atoms with Crippen molar-refractivity contribution in [2.24, 2.45) is 28.6 Å². The lowest BCUT2D eigenvalue weighted by atomic mass is 9.70. The van der Waals surface area contributed by atoms with Gasteiger partial charge in [0.1, 0.15) is 6.04 Å². The highest BCUT2D eigenvalue weighted by atomic mass is 32.2. The molecule has 0 spiro atoms. The molecule has 0 aromatic carbocycles. The average Bonchev–Trinajstić information content (AvgIpc) is 3.64. The van der Waals surface area contributed by atoms with Gasteiger partial charge >= 0.3 is 6.03 Å². The minimum absolute atomic E-state index is 0.0242. The van der Waals surface area contributed by atoms with Gasteiger partial charge < -0.3 is 15.5 Å². The molecule has 12 heteroatoms. The van der Waals surface area contributed by atoms with Gasteiger partial charge in [0.25, 0.3) is 0 Å². The second-order valence-corrected chi connectivity index (χ2v) is 18.3. The Labute approximate surface area is 300 Å². The Hall–Kier alpha value is -3.04. The van der Waals surface area contributed by atoms with E-state index in [-0.39, 0.29) is 55.8 Å². The van der Waals surface area contributed by atoms with Crippen molar-refractivity contribution < 1.29 is 32.4 Å². The van der Waals surface area contributed by atoms with Crippen LogP contribution in [-0.2, 0) is 29.2 Å². The number of likely N-dealkylation sites (tertiary alicyclic amines) is 1. The molecule has 1 heterocycles. The van der Waals surface area contributed by atoms with Crippen molar-refractivity contribution in [2.45, 2.75) is 129 Å². The summed E-state index contributed by atoms with van der Waals surface area (Å²) in [6.07, 6.45) is 15.7. The number of ketones is 3. The highest BCUT2D eigenvalue weighted by Gasteiger charge is 2.53. The number of carbonyl (C=O) groups excluding carboxylic acids is 5. The molecule has 1 aliphatic heterocycles. The number of nitrogens with one attached hydrogen (secondary N) is 2. The summed E-state index contributed by atoms with van der Waals surface area (Å²) in [6.45, 7) is 11.8. The van der Waals surface area contributed by atoms with Crippen LogP contribution in [0.4, 0.5) is 4.79 Å². The minimum Gasteiger partial charge on any atom is -0.334 e. The third kappa shape index (κ3) is 10.5. The summed E-state index contributed by atoms with van der Waals surface area (Å²) in [6, 6.07) is -2.82. The van der Waals surface area contributed by atoms with Gasteiger partial charge in [-0.1, -0.05) is 59.5 Å². The number of hydrogen-bond acceptors (Lipinski definition) is 7. The molecule has 3 aliphatic rings. The van der Waals surface area contributed by atoms with Gasteiger partial charge in [0.05, 0.1) is 12.3 Å². The molecule has 0 aromatic heterocycles. The summed E-state index contributed by atoms with van der Waals surface area (Å²) in [5.41, 5.74) is -1.07. The van der Waals surface area contributed by atoms with E-state index in [0.29, 0.717) is 13.0 Å². The second kappa shape index (κ2) is 17.5. The largest absolute Gasteiger partial charge is 0.334 e. The SMILES string of the molecule is C#CCCC(CC(=O)[C@@H]1[C@H]2CCC[C@H]2CN1C(=O)[C@@H](NC(=O)N[C@H](CN(C)S(C)(=O)=O)C(C)(C)C)C1(C)CCCCC1)C(=O)C(=O)CCC=C. The zero-order valence-electron chi connectivity index (χ0n) is 31.1. The summed E-state index contributed by atoms with van der Waals surface area (Å²) in [5, 5.41) is 5.98. The van der Waals surface area contributed by atoms with E-state index in [9.17, 15) is 32.4 Å². The van der Waals surface area contributed by atoms with Crippen LogP contribution in [0.15, 0.2) is 12.7 Å². The molecule has 11 nitrogen and oxygen atoms in total. The van der Waals surface area contributed by atoms with Crippen molar-refractivity contribution >= 4 is 39.3 Å². The normalized spacial score (nSPS) is 23.6. The van der Waals surface area contributed by atoms with Crippen molar-refractivity contribution in [2.75, 3.05) is 26.4 Å². The molecule has 0 radical (unpaired) electrons.